The van der Waals surface area contributed by atoms with Crippen molar-refractivity contribution in [3.63, 3.8) is 0 Å². The van der Waals surface area contributed by atoms with Crippen molar-refractivity contribution in [2.45, 2.75) is 52.9 Å². The highest BCUT2D eigenvalue weighted by molar-refractivity contribution is 5.92. The molecule has 0 N–H and O–H groups in total. The van der Waals surface area contributed by atoms with Crippen molar-refractivity contribution in [3.8, 4) is 17.2 Å². The Morgan fingerprint density at radius 3 is 1.60 bits per heavy atom. The van der Waals surface area contributed by atoms with Gasteiger partial charge < -0.3 is 18.9 Å². The van der Waals surface area contributed by atoms with Crippen molar-refractivity contribution in [2.24, 2.45) is 16.1 Å². The summed E-state index contributed by atoms with van der Waals surface area (Å²) in [7, 11) is 0. The van der Waals surface area contributed by atoms with Crippen molar-refractivity contribution in [2.75, 3.05) is 13.2 Å². The fourth-order valence-corrected chi connectivity index (χ4v) is 4.27. The molecule has 0 aliphatic carbocycles. The minimum Gasteiger partial charge on any atom is -0.494 e. The van der Waals surface area contributed by atoms with Crippen LogP contribution in [0.1, 0.15) is 72.7 Å². The Hall–Kier alpha value is -5.31. The van der Waals surface area contributed by atoms with Crippen molar-refractivity contribution >= 4 is 29.3 Å². The molecule has 0 heterocycles. The second kappa shape index (κ2) is 18.0. The van der Waals surface area contributed by atoms with Gasteiger partial charge in [0, 0.05) is 0 Å². The number of azo groups is 1. The van der Waals surface area contributed by atoms with Crippen LogP contribution in [0.25, 0.3) is 0 Å². The number of carbonyl (C=O) groups is 3. The Kier molecular flexibility index (Phi) is 13.2. The molecule has 9 nitrogen and oxygen atoms in total. The number of hydrogen-bond acceptors (Lipinski definition) is 9. The Labute approximate surface area is 275 Å². The lowest BCUT2D eigenvalue weighted by molar-refractivity contribution is -0.148. The molecule has 0 bridgehead atoms. The molecule has 0 saturated carbocycles. The van der Waals surface area contributed by atoms with Gasteiger partial charge in [-0.15, -0.1) is 0 Å². The zero-order valence-corrected chi connectivity index (χ0v) is 27.0. The summed E-state index contributed by atoms with van der Waals surface area (Å²) >= 11 is 0. The van der Waals surface area contributed by atoms with Gasteiger partial charge in [0.05, 0.1) is 41.6 Å². The van der Waals surface area contributed by atoms with Crippen LogP contribution in [0.15, 0.2) is 107 Å². The smallest absolute Gasteiger partial charge is 0.343 e. The number of rotatable bonds is 16. The SMILES string of the molecule is CCCc1ccc(N=Nc2ccc(OC(=O)c3ccc(OC(=O)c4ccc(OCCCCOC(=O)C(C)CC)cc4)cc3)cc2)cc1. The van der Waals surface area contributed by atoms with E-state index in [1.165, 1.54) is 29.8 Å². The van der Waals surface area contributed by atoms with E-state index in [0.29, 0.717) is 47.9 Å². The number of benzene rings is 4. The Balaban J connectivity index is 1.19. The van der Waals surface area contributed by atoms with Gasteiger partial charge in [0.15, 0.2) is 0 Å². The first-order valence-corrected chi connectivity index (χ1v) is 15.9. The molecule has 4 aromatic carbocycles. The number of aryl methyl sites for hydroxylation is 1. The summed E-state index contributed by atoms with van der Waals surface area (Å²) in [6.45, 7) is 6.79. The molecule has 0 radical (unpaired) electrons. The van der Waals surface area contributed by atoms with Crippen molar-refractivity contribution < 1.29 is 33.3 Å². The first-order chi connectivity index (χ1) is 22.8. The monoisotopic (exact) mass is 636 g/mol. The molecule has 0 aliphatic rings. The highest BCUT2D eigenvalue weighted by atomic mass is 16.5. The van der Waals surface area contributed by atoms with Gasteiger partial charge >= 0.3 is 17.9 Å². The fraction of sp³-hybridized carbons (Fsp3) is 0.289. The third-order valence-electron chi connectivity index (χ3n) is 7.26. The molecule has 0 fully saturated rings. The lowest BCUT2D eigenvalue weighted by Gasteiger charge is -2.10. The van der Waals surface area contributed by atoms with Crippen LogP contribution in [0.5, 0.6) is 17.2 Å². The molecule has 4 rings (SSSR count). The maximum atomic E-state index is 12.7. The maximum absolute atomic E-state index is 12.7. The van der Waals surface area contributed by atoms with Crippen LogP contribution in [-0.4, -0.2) is 31.1 Å². The first-order valence-electron chi connectivity index (χ1n) is 15.9. The molecule has 9 heteroatoms. The minimum atomic E-state index is -0.549. The zero-order valence-electron chi connectivity index (χ0n) is 27.0. The van der Waals surface area contributed by atoms with Crippen LogP contribution in [-0.2, 0) is 16.0 Å². The van der Waals surface area contributed by atoms with Gasteiger partial charge in [0.1, 0.15) is 17.2 Å². The standard InChI is InChI=1S/C38H40N2O7/c1-4-8-28-9-15-31(16-10-28)39-40-32-17-23-35(24-18-32)47-38(43)30-13-21-34(22-14-30)46-37(42)29-11-19-33(20-12-29)44-25-6-7-26-45-36(41)27(3)5-2/h9-24,27H,4-8,25-26H2,1-3H3. The van der Waals surface area contributed by atoms with Crippen LogP contribution in [0.3, 0.4) is 0 Å². The molecule has 0 amide bonds. The zero-order chi connectivity index (χ0) is 33.4. The number of hydrogen-bond donors (Lipinski definition) is 0. The Bertz CT molecular complexity index is 1620. The van der Waals surface area contributed by atoms with Gasteiger partial charge in [-0.2, -0.15) is 10.2 Å². The molecule has 0 saturated heterocycles. The van der Waals surface area contributed by atoms with E-state index in [2.05, 4.69) is 29.3 Å². The summed E-state index contributed by atoms with van der Waals surface area (Å²) in [5.74, 6) is -0.0736. The summed E-state index contributed by atoms with van der Waals surface area (Å²) in [5, 5.41) is 8.51. The predicted octanol–water partition coefficient (Wildman–Crippen LogP) is 9.24. The Morgan fingerprint density at radius 1 is 0.617 bits per heavy atom. The van der Waals surface area contributed by atoms with E-state index in [1.807, 2.05) is 26.0 Å². The largest absolute Gasteiger partial charge is 0.494 e. The molecule has 47 heavy (non-hydrogen) atoms. The van der Waals surface area contributed by atoms with E-state index in [-0.39, 0.29) is 17.6 Å². The van der Waals surface area contributed by atoms with Crippen molar-refractivity contribution in [1.82, 2.24) is 0 Å². The van der Waals surface area contributed by atoms with E-state index in [1.54, 1.807) is 48.5 Å². The van der Waals surface area contributed by atoms with Gasteiger partial charge in [-0.1, -0.05) is 39.3 Å². The molecule has 0 aliphatic heterocycles. The number of unbranched alkanes of at least 4 members (excludes halogenated alkanes) is 1. The molecule has 0 aromatic heterocycles. The highest BCUT2D eigenvalue weighted by Crippen LogP contribution is 2.23. The van der Waals surface area contributed by atoms with Crippen LogP contribution < -0.4 is 14.2 Å². The third-order valence-corrected chi connectivity index (χ3v) is 7.26. The number of carbonyl (C=O) groups excluding carboxylic acids is 3. The molecular weight excluding hydrogens is 596 g/mol. The van der Waals surface area contributed by atoms with E-state index < -0.39 is 11.9 Å². The summed E-state index contributed by atoms with van der Waals surface area (Å²) in [4.78, 5) is 37.0. The lowest BCUT2D eigenvalue weighted by atomic mass is 10.1. The summed E-state index contributed by atoms with van der Waals surface area (Å²) in [6.07, 6.45) is 4.33. The van der Waals surface area contributed by atoms with Gasteiger partial charge in [0.2, 0.25) is 0 Å². The number of nitrogens with zero attached hydrogens (tertiary/aromatic N) is 2. The molecule has 0 spiro atoms. The van der Waals surface area contributed by atoms with E-state index in [0.717, 1.165) is 31.4 Å². The van der Waals surface area contributed by atoms with Crippen LogP contribution >= 0.6 is 0 Å². The third kappa shape index (κ3) is 11.2. The van der Waals surface area contributed by atoms with E-state index in [4.69, 9.17) is 18.9 Å². The molecule has 1 unspecified atom stereocenters. The van der Waals surface area contributed by atoms with E-state index in [9.17, 15) is 14.4 Å². The van der Waals surface area contributed by atoms with Crippen molar-refractivity contribution in [3.05, 3.63) is 114 Å². The highest BCUT2D eigenvalue weighted by Gasteiger charge is 2.13. The van der Waals surface area contributed by atoms with Gasteiger partial charge in [-0.3, -0.25) is 4.79 Å². The normalized spacial score (nSPS) is 11.6. The first kappa shape index (κ1) is 34.6. The van der Waals surface area contributed by atoms with Gasteiger partial charge in [0.25, 0.3) is 0 Å². The molecular formula is C38H40N2O7. The average Bonchev–Trinajstić information content (AvgIpc) is 3.10. The lowest BCUT2D eigenvalue weighted by Crippen LogP contribution is -2.15. The van der Waals surface area contributed by atoms with Crippen LogP contribution in [0, 0.1) is 5.92 Å². The summed E-state index contributed by atoms with van der Waals surface area (Å²) in [5.41, 5.74) is 3.31. The second-order valence-electron chi connectivity index (χ2n) is 11.0. The van der Waals surface area contributed by atoms with Crippen LogP contribution in [0.4, 0.5) is 11.4 Å². The fourth-order valence-electron chi connectivity index (χ4n) is 4.27. The van der Waals surface area contributed by atoms with Crippen LogP contribution in [0.2, 0.25) is 0 Å². The number of ether oxygens (including phenoxy) is 4. The minimum absolute atomic E-state index is 0.0841. The van der Waals surface area contributed by atoms with Gasteiger partial charge in [-0.05, 0) is 116 Å². The average molecular weight is 637 g/mol. The van der Waals surface area contributed by atoms with E-state index >= 15 is 0 Å². The van der Waals surface area contributed by atoms with Crippen molar-refractivity contribution in [1.29, 1.82) is 0 Å². The quantitative estimate of drug-likeness (QED) is 0.0521. The Morgan fingerprint density at radius 2 is 1.09 bits per heavy atom. The molecule has 244 valence electrons. The number of esters is 3. The molecule has 1 atom stereocenters. The summed E-state index contributed by atoms with van der Waals surface area (Å²) < 4.78 is 21.9. The topological polar surface area (TPSA) is 113 Å². The maximum Gasteiger partial charge on any atom is 0.343 e. The summed E-state index contributed by atoms with van der Waals surface area (Å²) in [6, 6.07) is 27.5. The predicted molar refractivity (Wildman–Crippen MR) is 179 cm³/mol. The molecule has 4 aromatic rings. The van der Waals surface area contributed by atoms with Gasteiger partial charge in [-0.25, -0.2) is 9.59 Å². The second-order valence-corrected chi connectivity index (χ2v) is 11.0.